The summed E-state index contributed by atoms with van der Waals surface area (Å²) in [5, 5.41) is 2.52. The zero-order valence-corrected chi connectivity index (χ0v) is 9.55. The van der Waals surface area contributed by atoms with E-state index < -0.39 is 23.1 Å². The van der Waals surface area contributed by atoms with Crippen LogP contribution in [0.3, 0.4) is 0 Å². The van der Waals surface area contributed by atoms with E-state index in [1.165, 1.54) is 0 Å². The number of thioether (sulfide) groups is 1. The van der Waals surface area contributed by atoms with Crippen LogP contribution in [0.1, 0.15) is 12.8 Å². The van der Waals surface area contributed by atoms with Crippen molar-refractivity contribution in [2.75, 3.05) is 5.75 Å². The minimum absolute atomic E-state index is 0.0654. The van der Waals surface area contributed by atoms with Gasteiger partial charge in [-0.3, -0.25) is 9.78 Å². The summed E-state index contributed by atoms with van der Waals surface area (Å²) in [7, 11) is 0. The van der Waals surface area contributed by atoms with E-state index in [0.29, 0.717) is 10.8 Å². The van der Waals surface area contributed by atoms with Crippen LogP contribution in [0.4, 0.5) is 9.18 Å². The number of hydrogen-bond acceptors (Lipinski definition) is 4. The SMILES string of the molecule is O=C(NC1CCCS1)n1cc(F)c(=O)[nH]c1=O. The minimum atomic E-state index is -1.17. The maximum atomic E-state index is 12.9. The molecular formula is C9H10FN3O3S. The fourth-order valence-corrected chi connectivity index (χ4v) is 2.63. The molecule has 0 radical (unpaired) electrons. The number of nitrogens with zero attached hydrogens (tertiary/aromatic N) is 1. The first-order valence-electron chi connectivity index (χ1n) is 5.02. The third-order valence-corrected chi connectivity index (χ3v) is 3.61. The van der Waals surface area contributed by atoms with Crippen LogP contribution in [-0.2, 0) is 0 Å². The molecule has 8 heteroatoms. The van der Waals surface area contributed by atoms with E-state index in [-0.39, 0.29) is 5.37 Å². The number of nitrogens with one attached hydrogen (secondary N) is 2. The number of aromatic amines is 1. The smallest absolute Gasteiger partial charge is 0.326 e. The summed E-state index contributed by atoms with van der Waals surface area (Å²) in [5.41, 5.74) is -2.08. The zero-order valence-electron chi connectivity index (χ0n) is 8.73. The van der Waals surface area contributed by atoms with E-state index in [4.69, 9.17) is 0 Å². The van der Waals surface area contributed by atoms with Gasteiger partial charge in [-0.1, -0.05) is 0 Å². The van der Waals surface area contributed by atoms with E-state index in [0.717, 1.165) is 18.6 Å². The second kappa shape index (κ2) is 4.74. The van der Waals surface area contributed by atoms with Crippen molar-refractivity contribution in [1.82, 2.24) is 14.9 Å². The van der Waals surface area contributed by atoms with Crippen molar-refractivity contribution in [1.29, 1.82) is 0 Å². The van der Waals surface area contributed by atoms with Gasteiger partial charge in [-0.15, -0.1) is 11.8 Å². The fraction of sp³-hybridized carbons (Fsp3) is 0.444. The molecule has 17 heavy (non-hydrogen) atoms. The van der Waals surface area contributed by atoms with Gasteiger partial charge in [0.2, 0.25) is 5.82 Å². The second-order valence-corrected chi connectivity index (χ2v) is 4.87. The molecule has 0 aromatic carbocycles. The van der Waals surface area contributed by atoms with Gasteiger partial charge in [0, 0.05) is 0 Å². The highest BCUT2D eigenvalue weighted by Gasteiger charge is 2.19. The van der Waals surface area contributed by atoms with Crippen LogP contribution in [0.5, 0.6) is 0 Å². The van der Waals surface area contributed by atoms with Crippen LogP contribution in [0.2, 0.25) is 0 Å². The van der Waals surface area contributed by atoms with Crippen LogP contribution in [0.25, 0.3) is 0 Å². The number of carbonyl (C=O) groups excluding carboxylic acids is 1. The summed E-state index contributed by atoms with van der Waals surface area (Å²) in [5.74, 6) is -0.223. The van der Waals surface area contributed by atoms with Gasteiger partial charge in [-0.05, 0) is 18.6 Å². The van der Waals surface area contributed by atoms with Gasteiger partial charge in [0.05, 0.1) is 11.6 Å². The molecule has 1 amide bonds. The average molecular weight is 259 g/mol. The van der Waals surface area contributed by atoms with Crippen molar-refractivity contribution >= 4 is 17.8 Å². The summed E-state index contributed by atoms with van der Waals surface area (Å²) in [6, 6.07) is -0.732. The monoisotopic (exact) mass is 259 g/mol. The number of carbonyl (C=O) groups is 1. The maximum Gasteiger partial charge on any atom is 0.336 e. The summed E-state index contributed by atoms with van der Waals surface area (Å²) in [6.45, 7) is 0. The van der Waals surface area contributed by atoms with Crippen molar-refractivity contribution in [3.8, 4) is 0 Å². The van der Waals surface area contributed by atoms with Gasteiger partial charge < -0.3 is 5.32 Å². The molecule has 1 aliphatic rings. The Bertz CT molecular complexity index is 547. The van der Waals surface area contributed by atoms with Gasteiger partial charge in [-0.2, -0.15) is 4.39 Å². The molecule has 1 aromatic heterocycles. The Hall–Kier alpha value is -1.57. The summed E-state index contributed by atoms with van der Waals surface area (Å²) < 4.78 is 13.5. The second-order valence-electron chi connectivity index (χ2n) is 3.56. The Kier molecular flexibility index (Phi) is 3.32. The summed E-state index contributed by atoms with van der Waals surface area (Å²) in [4.78, 5) is 35.4. The Morgan fingerprint density at radius 1 is 1.59 bits per heavy atom. The molecule has 1 aromatic rings. The van der Waals surface area contributed by atoms with Crippen LogP contribution in [0.15, 0.2) is 15.8 Å². The molecule has 6 nitrogen and oxygen atoms in total. The molecule has 1 saturated heterocycles. The minimum Gasteiger partial charge on any atom is -0.326 e. The topological polar surface area (TPSA) is 84.0 Å². The average Bonchev–Trinajstić information content (AvgIpc) is 2.76. The van der Waals surface area contributed by atoms with Crippen LogP contribution in [-0.4, -0.2) is 26.7 Å². The lowest BCUT2D eigenvalue weighted by Crippen LogP contribution is -2.43. The standard InChI is InChI=1S/C9H10FN3O3S/c10-5-4-13(9(16)12-7(5)14)8(15)11-6-2-1-3-17-6/h4,6H,1-3H2,(H,11,15)(H,12,14,16). The summed E-state index contributed by atoms with van der Waals surface area (Å²) in [6.07, 6.45) is 2.40. The maximum absolute atomic E-state index is 12.9. The molecule has 0 spiro atoms. The van der Waals surface area contributed by atoms with Gasteiger partial charge >= 0.3 is 11.7 Å². The molecule has 1 atom stereocenters. The van der Waals surface area contributed by atoms with E-state index in [2.05, 4.69) is 5.32 Å². The first kappa shape index (κ1) is 11.9. The molecule has 2 heterocycles. The highest BCUT2D eigenvalue weighted by atomic mass is 32.2. The lowest BCUT2D eigenvalue weighted by molar-refractivity contribution is 0.240. The number of rotatable bonds is 1. The Labute approximate surface area is 99.2 Å². The molecule has 2 rings (SSSR count). The molecule has 2 N–H and O–H groups in total. The highest BCUT2D eigenvalue weighted by Crippen LogP contribution is 2.23. The number of H-pyrrole nitrogens is 1. The van der Waals surface area contributed by atoms with Gasteiger partial charge in [0.25, 0.3) is 5.56 Å². The number of aromatic nitrogens is 2. The molecule has 1 aliphatic heterocycles. The lowest BCUT2D eigenvalue weighted by Gasteiger charge is -2.11. The molecule has 1 unspecified atom stereocenters. The van der Waals surface area contributed by atoms with Crippen molar-refractivity contribution in [3.05, 3.63) is 32.9 Å². The Morgan fingerprint density at radius 2 is 2.35 bits per heavy atom. The van der Waals surface area contributed by atoms with E-state index in [1.54, 1.807) is 16.7 Å². The van der Waals surface area contributed by atoms with Crippen LogP contribution in [0, 0.1) is 5.82 Å². The molecule has 0 aliphatic carbocycles. The lowest BCUT2D eigenvalue weighted by atomic mass is 10.3. The number of hydrogen-bond donors (Lipinski definition) is 2. The van der Waals surface area contributed by atoms with Crippen LogP contribution < -0.4 is 16.6 Å². The predicted molar refractivity (Wildman–Crippen MR) is 60.7 cm³/mol. The molecule has 0 saturated carbocycles. The van der Waals surface area contributed by atoms with E-state index in [1.807, 2.05) is 0 Å². The van der Waals surface area contributed by atoms with E-state index in [9.17, 15) is 18.8 Å². The van der Waals surface area contributed by atoms with Crippen LogP contribution >= 0.6 is 11.8 Å². The number of halogens is 1. The van der Waals surface area contributed by atoms with Crippen molar-refractivity contribution < 1.29 is 9.18 Å². The zero-order chi connectivity index (χ0) is 12.4. The molecule has 0 bridgehead atoms. The third kappa shape index (κ3) is 2.57. The van der Waals surface area contributed by atoms with Crippen molar-refractivity contribution in [3.63, 3.8) is 0 Å². The highest BCUT2D eigenvalue weighted by molar-refractivity contribution is 8.00. The normalized spacial score (nSPS) is 19.2. The van der Waals surface area contributed by atoms with Gasteiger partial charge in [-0.25, -0.2) is 14.2 Å². The third-order valence-electron chi connectivity index (χ3n) is 2.33. The fourth-order valence-electron chi connectivity index (χ4n) is 1.50. The Balaban J connectivity index is 2.21. The summed E-state index contributed by atoms with van der Waals surface area (Å²) >= 11 is 1.57. The number of amides is 1. The first-order valence-corrected chi connectivity index (χ1v) is 6.07. The van der Waals surface area contributed by atoms with Gasteiger partial charge in [0.15, 0.2) is 0 Å². The predicted octanol–water partition coefficient (Wildman–Crippen LogP) is 0.0865. The Morgan fingerprint density at radius 3 is 3.00 bits per heavy atom. The van der Waals surface area contributed by atoms with Gasteiger partial charge in [0.1, 0.15) is 0 Å². The van der Waals surface area contributed by atoms with Crippen molar-refractivity contribution in [2.45, 2.75) is 18.2 Å². The largest absolute Gasteiger partial charge is 0.336 e. The first-order chi connectivity index (χ1) is 8.08. The quantitative estimate of drug-likeness (QED) is 0.748. The van der Waals surface area contributed by atoms with Crippen molar-refractivity contribution in [2.24, 2.45) is 0 Å². The molecule has 1 fully saturated rings. The van der Waals surface area contributed by atoms with E-state index >= 15 is 0 Å². The molecular weight excluding hydrogens is 249 g/mol. The molecule has 92 valence electrons.